The lowest BCUT2D eigenvalue weighted by Crippen LogP contribution is -2.43. The average molecular weight is 409 g/mol. The van der Waals surface area contributed by atoms with Crippen LogP contribution in [-0.4, -0.2) is 48.9 Å². The maximum absolute atomic E-state index is 13.8. The lowest BCUT2D eigenvalue weighted by atomic mass is 10.2. The number of nitrogens with one attached hydrogen (secondary N) is 1. The summed E-state index contributed by atoms with van der Waals surface area (Å²) in [5, 5.41) is 2.45. The molecule has 28 heavy (non-hydrogen) atoms. The number of benzene rings is 1. The van der Waals surface area contributed by atoms with E-state index >= 15 is 0 Å². The van der Waals surface area contributed by atoms with E-state index in [0.29, 0.717) is 12.8 Å². The van der Waals surface area contributed by atoms with E-state index in [1.165, 1.54) is 49.2 Å². The van der Waals surface area contributed by atoms with Gasteiger partial charge >= 0.3 is 5.97 Å². The number of amides is 1. The van der Waals surface area contributed by atoms with Crippen molar-refractivity contribution in [2.75, 3.05) is 19.0 Å². The molecule has 1 N–H and O–H groups in total. The molecular weight excluding hydrogens is 389 g/mol. The van der Waals surface area contributed by atoms with Crippen LogP contribution in [0.1, 0.15) is 23.3 Å². The van der Waals surface area contributed by atoms with E-state index < -0.39 is 33.8 Å². The SMILES string of the molecule is COC(=O)c1cc(S(=O)(=O)N2CCC[C@@H]2C(=O)Nc2ccccc2F)cn1C. The molecule has 1 aliphatic rings. The number of halogens is 1. The van der Waals surface area contributed by atoms with Crippen molar-refractivity contribution in [1.82, 2.24) is 8.87 Å². The highest BCUT2D eigenvalue weighted by Gasteiger charge is 2.40. The summed E-state index contributed by atoms with van der Waals surface area (Å²) in [6.45, 7) is 0.153. The predicted octanol–water partition coefficient (Wildman–Crippen LogP) is 1.74. The van der Waals surface area contributed by atoms with Gasteiger partial charge in [0.05, 0.1) is 12.8 Å². The lowest BCUT2D eigenvalue weighted by molar-refractivity contribution is -0.119. The summed E-state index contributed by atoms with van der Waals surface area (Å²) in [5.41, 5.74) is 0.0667. The Morgan fingerprint density at radius 2 is 2.00 bits per heavy atom. The number of sulfonamides is 1. The molecule has 1 aliphatic heterocycles. The zero-order chi connectivity index (χ0) is 20.5. The Labute approximate surface area is 161 Å². The number of ether oxygens (including phenoxy) is 1. The highest BCUT2D eigenvalue weighted by Crippen LogP contribution is 2.28. The molecule has 2 heterocycles. The second-order valence-corrected chi connectivity index (χ2v) is 8.30. The summed E-state index contributed by atoms with van der Waals surface area (Å²) in [6.07, 6.45) is 2.10. The number of methoxy groups -OCH3 is 1. The van der Waals surface area contributed by atoms with Crippen LogP contribution < -0.4 is 5.32 Å². The molecule has 0 unspecified atom stereocenters. The fraction of sp³-hybridized carbons (Fsp3) is 0.333. The van der Waals surface area contributed by atoms with Gasteiger partial charge in [-0.25, -0.2) is 17.6 Å². The van der Waals surface area contributed by atoms with Crippen molar-refractivity contribution in [2.45, 2.75) is 23.8 Å². The largest absolute Gasteiger partial charge is 0.464 e. The first-order valence-electron chi connectivity index (χ1n) is 8.57. The third-order valence-corrected chi connectivity index (χ3v) is 6.49. The number of esters is 1. The van der Waals surface area contributed by atoms with Crippen LogP contribution in [-0.2, 0) is 26.6 Å². The van der Waals surface area contributed by atoms with Crippen molar-refractivity contribution in [1.29, 1.82) is 0 Å². The molecule has 3 rings (SSSR count). The van der Waals surface area contributed by atoms with Gasteiger partial charge < -0.3 is 14.6 Å². The van der Waals surface area contributed by atoms with Crippen molar-refractivity contribution in [3.05, 3.63) is 48.0 Å². The van der Waals surface area contributed by atoms with Crippen molar-refractivity contribution in [3.63, 3.8) is 0 Å². The van der Waals surface area contributed by atoms with Crippen molar-refractivity contribution in [3.8, 4) is 0 Å². The van der Waals surface area contributed by atoms with Gasteiger partial charge in [-0.1, -0.05) is 12.1 Å². The van der Waals surface area contributed by atoms with Gasteiger partial charge in [-0.2, -0.15) is 4.31 Å². The van der Waals surface area contributed by atoms with Gasteiger partial charge in [0.15, 0.2) is 0 Å². The van der Waals surface area contributed by atoms with Crippen LogP contribution in [0.2, 0.25) is 0 Å². The molecule has 150 valence electrons. The Morgan fingerprint density at radius 1 is 1.29 bits per heavy atom. The van der Waals surface area contributed by atoms with Crippen molar-refractivity contribution < 1.29 is 27.1 Å². The summed E-state index contributed by atoms with van der Waals surface area (Å²) in [4.78, 5) is 24.3. The fourth-order valence-electron chi connectivity index (χ4n) is 3.19. The highest BCUT2D eigenvalue weighted by atomic mass is 32.2. The Morgan fingerprint density at radius 3 is 2.68 bits per heavy atom. The maximum Gasteiger partial charge on any atom is 0.354 e. The number of carbonyl (C=O) groups is 2. The molecule has 8 nitrogen and oxygen atoms in total. The normalized spacial score (nSPS) is 17.5. The summed E-state index contributed by atoms with van der Waals surface area (Å²) in [7, 11) is -1.30. The molecule has 0 spiro atoms. The molecule has 1 amide bonds. The molecule has 0 saturated carbocycles. The predicted molar refractivity (Wildman–Crippen MR) is 98.7 cm³/mol. The number of hydrogen-bond donors (Lipinski definition) is 1. The average Bonchev–Trinajstić information content (AvgIpc) is 3.30. The van der Waals surface area contributed by atoms with Crippen LogP contribution in [0.15, 0.2) is 41.4 Å². The number of aromatic nitrogens is 1. The van der Waals surface area contributed by atoms with Crippen molar-refractivity contribution >= 4 is 27.6 Å². The van der Waals surface area contributed by atoms with Crippen LogP contribution in [0.4, 0.5) is 10.1 Å². The summed E-state index contributed by atoms with van der Waals surface area (Å²) in [5.74, 6) is -1.87. The number of rotatable bonds is 5. The van der Waals surface area contributed by atoms with E-state index in [1.54, 1.807) is 6.07 Å². The summed E-state index contributed by atoms with van der Waals surface area (Å²) >= 11 is 0. The summed E-state index contributed by atoms with van der Waals surface area (Å²) in [6, 6.07) is 5.92. The van der Waals surface area contributed by atoms with Crippen LogP contribution in [0, 0.1) is 5.82 Å². The van der Waals surface area contributed by atoms with E-state index in [1.807, 2.05) is 0 Å². The monoisotopic (exact) mass is 409 g/mol. The van der Waals surface area contributed by atoms with Gasteiger partial charge in [0.1, 0.15) is 22.4 Å². The molecule has 2 aromatic rings. The molecule has 1 aromatic heterocycles. The zero-order valence-electron chi connectivity index (χ0n) is 15.4. The number of anilines is 1. The van der Waals surface area contributed by atoms with Crippen LogP contribution in [0.3, 0.4) is 0 Å². The third-order valence-electron chi connectivity index (χ3n) is 4.62. The van der Waals surface area contributed by atoms with Gasteiger partial charge in [0.2, 0.25) is 15.9 Å². The number of para-hydroxylation sites is 1. The fourth-order valence-corrected chi connectivity index (χ4v) is 4.91. The van der Waals surface area contributed by atoms with Crippen molar-refractivity contribution in [2.24, 2.45) is 7.05 Å². The Bertz CT molecular complexity index is 1020. The smallest absolute Gasteiger partial charge is 0.354 e. The molecule has 10 heteroatoms. The minimum Gasteiger partial charge on any atom is -0.464 e. The first-order valence-corrected chi connectivity index (χ1v) is 10.0. The van der Waals surface area contributed by atoms with E-state index in [2.05, 4.69) is 10.1 Å². The van der Waals surface area contributed by atoms with Crippen LogP contribution in [0.25, 0.3) is 0 Å². The number of hydrogen-bond acceptors (Lipinski definition) is 5. The number of nitrogens with zero attached hydrogens (tertiary/aromatic N) is 2. The number of carbonyl (C=O) groups excluding carboxylic acids is 2. The Balaban J connectivity index is 1.86. The van der Waals surface area contributed by atoms with Gasteiger partial charge in [0, 0.05) is 19.8 Å². The molecule has 0 aliphatic carbocycles. The zero-order valence-corrected chi connectivity index (χ0v) is 16.2. The molecule has 1 atom stereocenters. The van der Waals surface area contributed by atoms with Gasteiger partial charge in [-0.05, 0) is 31.0 Å². The molecule has 1 saturated heterocycles. The molecule has 1 fully saturated rings. The summed E-state index contributed by atoms with van der Waals surface area (Å²) < 4.78 is 47.0. The molecular formula is C18H20FN3O5S. The van der Waals surface area contributed by atoms with E-state index in [0.717, 1.165) is 4.31 Å². The third kappa shape index (κ3) is 3.65. The van der Waals surface area contributed by atoms with Gasteiger partial charge in [-0.15, -0.1) is 0 Å². The maximum atomic E-state index is 13.8. The van der Waals surface area contributed by atoms with E-state index in [-0.39, 0.29) is 22.8 Å². The molecule has 0 radical (unpaired) electrons. The second kappa shape index (κ2) is 7.72. The minimum atomic E-state index is -4.03. The first kappa shape index (κ1) is 20.0. The number of aryl methyl sites for hydroxylation is 1. The van der Waals surface area contributed by atoms with Gasteiger partial charge in [-0.3, -0.25) is 4.79 Å². The quantitative estimate of drug-likeness (QED) is 0.759. The van der Waals surface area contributed by atoms with Gasteiger partial charge in [0.25, 0.3) is 0 Å². The highest BCUT2D eigenvalue weighted by molar-refractivity contribution is 7.89. The Hall–Kier alpha value is -2.72. The minimum absolute atomic E-state index is 0.00978. The molecule has 0 bridgehead atoms. The standard InChI is InChI=1S/C18H20FN3O5S/c1-21-11-12(10-16(21)18(24)27-2)28(25,26)22-9-5-8-15(22)17(23)20-14-7-4-3-6-13(14)19/h3-4,6-7,10-11,15H,5,8-9H2,1-2H3,(H,20,23)/t15-/m1/s1. The molecule has 1 aromatic carbocycles. The van der Waals surface area contributed by atoms with E-state index in [4.69, 9.17) is 0 Å². The first-order chi connectivity index (χ1) is 13.3. The van der Waals surface area contributed by atoms with Crippen LogP contribution >= 0.6 is 0 Å². The Kier molecular flexibility index (Phi) is 5.52. The topological polar surface area (TPSA) is 97.7 Å². The van der Waals surface area contributed by atoms with Crippen LogP contribution in [0.5, 0.6) is 0 Å². The van der Waals surface area contributed by atoms with E-state index in [9.17, 15) is 22.4 Å². The second-order valence-electron chi connectivity index (χ2n) is 6.41. The lowest BCUT2D eigenvalue weighted by Gasteiger charge is -2.23.